The minimum Gasteiger partial charge on any atom is -0.356 e. The molecule has 2 aromatic rings. The van der Waals surface area contributed by atoms with Gasteiger partial charge in [-0.05, 0) is 39.8 Å². The van der Waals surface area contributed by atoms with Gasteiger partial charge in [0.25, 0.3) is 0 Å². The lowest BCUT2D eigenvalue weighted by molar-refractivity contribution is 0.238. The van der Waals surface area contributed by atoms with Gasteiger partial charge in [-0.1, -0.05) is 30.3 Å². The summed E-state index contributed by atoms with van der Waals surface area (Å²) in [5, 5.41) is 7.90. The van der Waals surface area contributed by atoms with Gasteiger partial charge in [-0.25, -0.2) is 4.98 Å². The third-order valence-electron chi connectivity index (χ3n) is 4.52. The summed E-state index contributed by atoms with van der Waals surface area (Å²) in [4.78, 5) is 12.4. The molecule has 0 bridgehead atoms. The molecule has 5 nitrogen and oxygen atoms in total. The van der Waals surface area contributed by atoms with Crippen LogP contribution in [0.3, 0.4) is 0 Å². The number of aromatic nitrogens is 1. The Hall–Kier alpha value is -1.92. The van der Waals surface area contributed by atoms with Crippen LogP contribution in [0.5, 0.6) is 0 Å². The van der Waals surface area contributed by atoms with Gasteiger partial charge in [-0.15, -0.1) is 11.3 Å². The fourth-order valence-electron chi connectivity index (χ4n) is 2.77. The molecule has 1 unspecified atom stereocenters. The van der Waals surface area contributed by atoms with E-state index in [1.165, 1.54) is 10.4 Å². The van der Waals surface area contributed by atoms with Gasteiger partial charge in [0.2, 0.25) is 0 Å². The standard InChI is InChI=1S/C20H31N5S/c1-15(25(5)14-18-9-7-6-8-10-18)11-12-22-20(21-4)23-13-19-16(2)24-17(3)26-19/h6-10,15H,11-14H2,1-5H3,(H2,21,22,23). The second-order valence-electron chi connectivity index (χ2n) is 6.63. The molecular weight excluding hydrogens is 342 g/mol. The third-order valence-corrected chi connectivity index (χ3v) is 5.59. The molecule has 26 heavy (non-hydrogen) atoms. The molecule has 6 heteroatoms. The van der Waals surface area contributed by atoms with Crippen LogP contribution in [0.2, 0.25) is 0 Å². The van der Waals surface area contributed by atoms with Gasteiger partial charge in [-0.2, -0.15) is 0 Å². The van der Waals surface area contributed by atoms with Crippen LogP contribution in [-0.2, 0) is 13.1 Å². The predicted molar refractivity (Wildman–Crippen MR) is 112 cm³/mol. The summed E-state index contributed by atoms with van der Waals surface area (Å²) >= 11 is 1.74. The molecule has 1 aromatic heterocycles. The minimum atomic E-state index is 0.493. The molecule has 142 valence electrons. The molecule has 0 aliphatic rings. The molecule has 0 aliphatic carbocycles. The highest BCUT2D eigenvalue weighted by atomic mass is 32.1. The maximum atomic E-state index is 4.47. The average molecular weight is 374 g/mol. The quantitative estimate of drug-likeness (QED) is 0.550. The topological polar surface area (TPSA) is 52.6 Å². The molecule has 0 aliphatic heterocycles. The number of nitrogens with zero attached hydrogens (tertiary/aromatic N) is 3. The van der Waals surface area contributed by atoms with Crippen LogP contribution in [0, 0.1) is 13.8 Å². The lowest BCUT2D eigenvalue weighted by atomic mass is 10.1. The van der Waals surface area contributed by atoms with Crippen molar-refractivity contribution in [3.63, 3.8) is 0 Å². The molecule has 0 radical (unpaired) electrons. The molecule has 1 atom stereocenters. The fourth-order valence-corrected chi connectivity index (χ4v) is 3.65. The summed E-state index contributed by atoms with van der Waals surface area (Å²) < 4.78 is 0. The maximum Gasteiger partial charge on any atom is 0.191 e. The Kier molecular flexibility index (Phi) is 8.06. The first-order valence-electron chi connectivity index (χ1n) is 9.11. The van der Waals surface area contributed by atoms with Crippen molar-refractivity contribution in [3.8, 4) is 0 Å². The van der Waals surface area contributed by atoms with E-state index < -0.39 is 0 Å². The average Bonchev–Trinajstić information content (AvgIpc) is 2.95. The second-order valence-corrected chi connectivity index (χ2v) is 7.92. The number of aryl methyl sites for hydroxylation is 2. The minimum absolute atomic E-state index is 0.493. The Bertz CT molecular complexity index is 695. The fraction of sp³-hybridized carbons (Fsp3) is 0.500. The van der Waals surface area contributed by atoms with Crippen molar-refractivity contribution >= 4 is 17.3 Å². The Balaban J connectivity index is 1.71. The number of guanidine groups is 1. The highest BCUT2D eigenvalue weighted by Crippen LogP contribution is 2.16. The van der Waals surface area contributed by atoms with Gasteiger partial charge in [0.15, 0.2) is 5.96 Å². The summed E-state index contributed by atoms with van der Waals surface area (Å²) in [6, 6.07) is 11.1. The summed E-state index contributed by atoms with van der Waals surface area (Å²) in [6.45, 7) is 8.99. The van der Waals surface area contributed by atoms with Crippen LogP contribution in [0.25, 0.3) is 0 Å². The Morgan fingerprint density at radius 3 is 2.58 bits per heavy atom. The van der Waals surface area contributed by atoms with Crippen molar-refractivity contribution in [3.05, 3.63) is 51.5 Å². The van der Waals surface area contributed by atoms with Crippen LogP contribution in [0.1, 0.15) is 34.5 Å². The number of aliphatic imine (C=N–C) groups is 1. The third kappa shape index (κ3) is 6.42. The van der Waals surface area contributed by atoms with Gasteiger partial charge in [-0.3, -0.25) is 9.89 Å². The van der Waals surface area contributed by atoms with Crippen molar-refractivity contribution in [2.75, 3.05) is 20.6 Å². The van der Waals surface area contributed by atoms with Gasteiger partial charge in [0.05, 0.1) is 17.2 Å². The van der Waals surface area contributed by atoms with E-state index in [4.69, 9.17) is 0 Å². The first kappa shape index (κ1) is 20.4. The summed E-state index contributed by atoms with van der Waals surface area (Å²) in [7, 11) is 3.99. The van der Waals surface area contributed by atoms with Crippen LogP contribution >= 0.6 is 11.3 Å². The van der Waals surface area contributed by atoms with Crippen LogP contribution < -0.4 is 10.6 Å². The molecule has 0 amide bonds. The number of hydrogen-bond donors (Lipinski definition) is 2. The molecule has 2 N–H and O–H groups in total. The van der Waals surface area contributed by atoms with Crippen LogP contribution in [-0.4, -0.2) is 42.5 Å². The van der Waals surface area contributed by atoms with Crippen LogP contribution in [0.4, 0.5) is 0 Å². The molecule has 0 saturated carbocycles. The van der Waals surface area contributed by atoms with E-state index in [9.17, 15) is 0 Å². The number of benzene rings is 1. The van der Waals surface area contributed by atoms with Crippen molar-refractivity contribution in [2.45, 2.75) is 46.3 Å². The first-order chi connectivity index (χ1) is 12.5. The molecule has 0 fully saturated rings. The molecule has 2 rings (SSSR count). The Morgan fingerprint density at radius 1 is 1.23 bits per heavy atom. The maximum absolute atomic E-state index is 4.47. The van der Waals surface area contributed by atoms with Crippen molar-refractivity contribution in [2.24, 2.45) is 4.99 Å². The highest BCUT2D eigenvalue weighted by molar-refractivity contribution is 7.11. The number of nitrogens with one attached hydrogen (secondary N) is 2. The van der Waals surface area contributed by atoms with E-state index in [2.05, 4.69) is 76.7 Å². The monoisotopic (exact) mass is 373 g/mol. The van der Waals surface area contributed by atoms with E-state index in [-0.39, 0.29) is 0 Å². The molecule has 1 aromatic carbocycles. The summed E-state index contributed by atoms with van der Waals surface area (Å²) in [5.41, 5.74) is 2.45. The van der Waals surface area contributed by atoms with Crippen LogP contribution in [0.15, 0.2) is 35.3 Å². The Labute approximate surface area is 161 Å². The van der Waals surface area contributed by atoms with E-state index in [0.29, 0.717) is 6.04 Å². The van der Waals surface area contributed by atoms with Gasteiger partial charge in [0, 0.05) is 31.1 Å². The smallest absolute Gasteiger partial charge is 0.191 e. The summed E-state index contributed by atoms with van der Waals surface area (Å²) in [5.74, 6) is 0.841. The number of rotatable bonds is 8. The normalized spacial score (nSPS) is 13.1. The predicted octanol–water partition coefficient (Wildman–Crippen LogP) is 3.34. The Morgan fingerprint density at radius 2 is 1.96 bits per heavy atom. The zero-order chi connectivity index (χ0) is 18.9. The van der Waals surface area contributed by atoms with E-state index in [1.54, 1.807) is 11.3 Å². The molecular formula is C20H31N5S. The highest BCUT2D eigenvalue weighted by Gasteiger charge is 2.10. The largest absolute Gasteiger partial charge is 0.356 e. The SMILES string of the molecule is CN=C(NCCC(C)N(C)Cc1ccccc1)NCc1sc(C)nc1C. The van der Waals surface area contributed by atoms with E-state index >= 15 is 0 Å². The van der Waals surface area contributed by atoms with Crippen molar-refractivity contribution < 1.29 is 0 Å². The number of thiazole rings is 1. The van der Waals surface area contributed by atoms with Gasteiger partial charge < -0.3 is 10.6 Å². The summed E-state index contributed by atoms with van der Waals surface area (Å²) in [6.07, 6.45) is 1.06. The van der Waals surface area contributed by atoms with E-state index in [1.807, 2.05) is 14.0 Å². The van der Waals surface area contributed by atoms with Crippen molar-refractivity contribution in [1.29, 1.82) is 0 Å². The second kappa shape index (κ2) is 10.3. The van der Waals surface area contributed by atoms with Gasteiger partial charge in [0.1, 0.15) is 0 Å². The first-order valence-corrected chi connectivity index (χ1v) is 9.92. The molecule has 1 heterocycles. The molecule has 0 spiro atoms. The molecule has 0 saturated heterocycles. The number of hydrogen-bond acceptors (Lipinski definition) is 4. The van der Waals surface area contributed by atoms with Crippen molar-refractivity contribution in [1.82, 2.24) is 20.5 Å². The van der Waals surface area contributed by atoms with E-state index in [0.717, 1.165) is 42.7 Å². The zero-order valence-electron chi connectivity index (χ0n) is 16.5. The lowest BCUT2D eigenvalue weighted by Crippen LogP contribution is -2.39. The van der Waals surface area contributed by atoms with Gasteiger partial charge >= 0.3 is 0 Å². The lowest BCUT2D eigenvalue weighted by Gasteiger charge is -2.25. The zero-order valence-corrected chi connectivity index (χ0v) is 17.4.